The summed E-state index contributed by atoms with van der Waals surface area (Å²) < 4.78 is 0. The molecular formula is C16H24N2OS. The summed E-state index contributed by atoms with van der Waals surface area (Å²) in [5.41, 5.74) is 6.58. The minimum absolute atomic E-state index is 0.111. The Bertz CT molecular complexity index is 445. The van der Waals surface area contributed by atoms with Crippen molar-refractivity contribution >= 4 is 23.1 Å². The lowest BCUT2D eigenvalue weighted by Crippen LogP contribution is -2.40. The van der Waals surface area contributed by atoms with Crippen molar-refractivity contribution < 1.29 is 4.79 Å². The maximum atomic E-state index is 12.4. The van der Waals surface area contributed by atoms with Gasteiger partial charge in [-0.1, -0.05) is 56.4 Å². The van der Waals surface area contributed by atoms with E-state index in [-0.39, 0.29) is 16.9 Å². The van der Waals surface area contributed by atoms with E-state index >= 15 is 0 Å². The molecule has 0 saturated carbocycles. The lowest BCUT2D eigenvalue weighted by atomic mass is 9.97. The molecule has 20 heavy (non-hydrogen) atoms. The Morgan fingerprint density at radius 3 is 2.30 bits per heavy atom. The van der Waals surface area contributed by atoms with Gasteiger partial charge in [-0.25, -0.2) is 0 Å². The number of benzene rings is 1. The average molecular weight is 292 g/mol. The topological polar surface area (TPSA) is 55.1 Å². The quantitative estimate of drug-likeness (QED) is 0.760. The molecule has 1 rings (SSSR count). The molecule has 2 atom stereocenters. The first-order chi connectivity index (χ1) is 9.41. The van der Waals surface area contributed by atoms with Crippen LogP contribution in [0.5, 0.6) is 0 Å². The summed E-state index contributed by atoms with van der Waals surface area (Å²) in [6.07, 6.45) is 2.05. The van der Waals surface area contributed by atoms with E-state index in [4.69, 9.17) is 18.0 Å². The SMILES string of the molecule is CC(C)CCC(C)NC(=O)C(C(N)=S)c1ccccc1. The minimum Gasteiger partial charge on any atom is -0.392 e. The fourth-order valence-electron chi connectivity index (χ4n) is 2.07. The van der Waals surface area contributed by atoms with Crippen LogP contribution in [0.25, 0.3) is 0 Å². The van der Waals surface area contributed by atoms with Crippen LogP contribution < -0.4 is 11.1 Å². The van der Waals surface area contributed by atoms with E-state index in [1.807, 2.05) is 37.3 Å². The minimum atomic E-state index is -0.548. The second-order valence-electron chi connectivity index (χ2n) is 5.63. The van der Waals surface area contributed by atoms with Crippen molar-refractivity contribution in [2.24, 2.45) is 11.7 Å². The number of nitrogens with two attached hydrogens (primary N) is 1. The van der Waals surface area contributed by atoms with E-state index in [0.29, 0.717) is 5.92 Å². The number of carbonyl (C=O) groups is 1. The van der Waals surface area contributed by atoms with Crippen LogP contribution in [0.2, 0.25) is 0 Å². The zero-order chi connectivity index (χ0) is 15.1. The van der Waals surface area contributed by atoms with Crippen LogP contribution in [0.1, 0.15) is 45.1 Å². The largest absolute Gasteiger partial charge is 0.392 e. The van der Waals surface area contributed by atoms with Gasteiger partial charge in [-0.3, -0.25) is 4.79 Å². The molecule has 0 saturated heterocycles. The standard InChI is InChI=1S/C16H24N2OS/c1-11(2)9-10-12(3)18-16(19)14(15(17)20)13-7-5-4-6-8-13/h4-8,11-12,14H,9-10H2,1-3H3,(H2,17,20)(H,18,19). The van der Waals surface area contributed by atoms with Gasteiger partial charge in [0.1, 0.15) is 5.92 Å². The van der Waals surface area contributed by atoms with Crippen molar-refractivity contribution in [3.8, 4) is 0 Å². The van der Waals surface area contributed by atoms with Crippen molar-refractivity contribution in [3.05, 3.63) is 35.9 Å². The van der Waals surface area contributed by atoms with Crippen LogP contribution in [0.15, 0.2) is 30.3 Å². The predicted octanol–water partition coefficient (Wildman–Crippen LogP) is 3.00. The highest BCUT2D eigenvalue weighted by molar-refractivity contribution is 7.80. The average Bonchev–Trinajstić information content (AvgIpc) is 2.37. The molecule has 1 aromatic rings. The van der Waals surface area contributed by atoms with E-state index in [1.165, 1.54) is 0 Å². The van der Waals surface area contributed by atoms with Crippen LogP contribution >= 0.6 is 12.2 Å². The summed E-state index contributed by atoms with van der Waals surface area (Å²) >= 11 is 5.05. The van der Waals surface area contributed by atoms with Crippen LogP contribution in [-0.4, -0.2) is 16.9 Å². The van der Waals surface area contributed by atoms with Gasteiger partial charge < -0.3 is 11.1 Å². The Hall–Kier alpha value is -1.42. The summed E-state index contributed by atoms with van der Waals surface area (Å²) in [5.74, 6) is -0.0255. The zero-order valence-electron chi connectivity index (χ0n) is 12.4. The number of nitrogens with one attached hydrogen (secondary N) is 1. The van der Waals surface area contributed by atoms with Gasteiger partial charge >= 0.3 is 0 Å². The number of hydrogen-bond donors (Lipinski definition) is 2. The molecule has 0 spiro atoms. The number of amides is 1. The third kappa shape index (κ3) is 5.29. The summed E-state index contributed by atoms with van der Waals surface area (Å²) in [5, 5.41) is 3.01. The number of hydrogen-bond acceptors (Lipinski definition) is 2. The highest BCUT2D eigenvalue weighted by Gasteiger charge is 2.24. The second-order valence-corrected chi connectivity index (χ2v) is 6.10. The molecule has 1 aromatic carbocycles. The summed E-state index contributed by atoms with van der Waals surface area (Å²) in [7, 11) is 0. The third-order valence-electron chi connectivity index (χ3n) is 3.25. The van der Waals surface area contributed by atoms with Gasteiger partial charge in [-0.05, 0) is 31.2 Å². The Labute approximate surface area is 126 Å². The lowest BCUT2D eigenvalue weighted by Gasteiger charge is -2.20. The van der Waals surface area contributed by atoms with Crippen molar-refractivity contribution in [1.29, 1.82) is 0 Å². The molecule has 3 N–H and O–H groups in total. The molecule has 0 bridgehead atoms. The fraction of sp³-hybridized carbons (Fsp3) is 0.500. The van der Waals surface area contributed by atoms with Crippen molar-refractivity contribution in [3.63, 3.8) is 0 Å². The number of thiocarbonyl (C=S) groups is 1. The van der Waals surface area contributed by atoms with Crippen LogP contribution in [-0.2, 0) is 4.79 Å². The fourth-order valence-corrected chi connectivity index (χ4v) is 2.32. The molecule has 0 aliphatic carbocycles. The maximum Gasteiger partial charge on any atom is 0.234 e. The van der Waals surface area contributed by atoms with Crippen molar-refractivity contribution in [1.82, 2.24) is 5.32 Å². The van der Waals surface area contributed by atoms with Crippen LogP contribution in [0.3, 0.4) is 0 Å². The molecule has 4 heteroatoms. The molecule has 0 aliphatic rings. The smallest absolute Gasteiger partial charge is 0.234 e. The maximum absolute atomic E-state index is 12.4. The molecule has 1 amide bonds. The van der Waals surface area contributed by atoms with Gasteiger partial charge in [0, 0.05) is 6.04 Å². The van der Waals surface area contributed by atoms with E-state index in [1.54, 1.807) is 0 Å². The molecule has 3 nitrogen and oxygen atoms in total. The Morgan fingerprint density at radius 2 is 1.80 bits per heavy atom. The van der Waals surface area contributed by atoms with Gasteiger partial charge in [0.15, 0.2) is 0 Å². The Morgan fingerprint density at radius 1 is 1.20 bits per heavy atom. The van der Waals surface area contributed by atoms with Gasteiger partial charge in [0.25, 0.3) is 0 Å². The summed E-state index contributed by atoms with van der Waals surface area (Å²) in [4.78, 5) is 12.6. The normalized spacial score (nSPS) is 13.8. The van der Waals surface area contributed by atoms with Crippen molar-refractivity contribution in [2.75, 3.05) is 0 Å². The van der Waals surface area contributed by atoms with Gasteiger partial charge in [-0.15, -0.1) is 0 Å². The highest BCUT2D eigenvalue weighted by Crippen LogP contribution is 2.17. The molecular weight excluding hydrogens is 268 g/mol. The van der Waals surface area contributed by atoms with Gasteiger partial charge in [0.2, 0.25) is 5.91 Å². The van der Waals surface area contributed by atoms with Gasteiger partial charge in [0.05, 0.1) is 4.99 Å². The number of carbonyl (C=O) groups excluding carboxylic acids is 1. The molecule has 0 radical (unpaired) electrons. The molecule has 0 heterocycles. The first-order valence-corrected chi connectivity index (χ1v) is 7.47. The first kappa shape index (κ1) is 16.6. The second kappa shape index (κ2) is 8.00. The first-order valence-electron chi connectivity index (χ1n) is 7.06. The monoisotopic (exact) mass is 292 g/mol. The van der Waals surface area contributed by atoms with E-state index in [2.05, 4.69) is 19.2 Å². The lowest BCUT2D eigenvalue weighted by molar-refractivity contribution is -0.121. The Kier molecular flexibility index (Phi) is 6.65. The predicted molar refractivity (Wildman–Crippen MR) is 87.6 cm³/mol. The molecule has 110 valence electrons. The third-order valence-corrected chi connectivity index (χ3v) is 3.48. The molecule has 2 unspecified atom stereocenters. The van der Waals surface area contributed by atoms with Crippen LogP contribution in [0, 0.1) is 5.92 Å². The Balaban J connectivity index is 2.69. The van der Waals surface area contributed by atoms with Crippen molar-refractivity contribution in [2.45, 2.75) is 45.6 Å². The molecule has 0 aromatic heterocycles. The zero-order valence-corrected chi connectivity index (χ0v) is 13.2. The summed E-state index contributed by atoms with van der Waals surface area (Å²) in [6.45, 7) is 6.37. The summed E-state index contributed by atoms with van der Waals surface area (Å²) in [6, 6.07) is 9.56. The molecule has 0 aliphatic heterocycles. The van der Waals surface area contributed by atoms with E-state index in [9.17, 15) is 4.79 Å². The highest BCUT2D eigenvalue weighted by atomic mass is 32.1. The number of rotatable bonds is 7. The molecule has 0 fully saturated rings. The van der Waals surface area contributed by atoms with Crippen LogP contribution in [0.4, 0.5) is 0 Å². The van der Waals surface area contributed by atoms with Gasteiger partial charge in [-0.2, -0.15) is 0 Å². The van der Waals surface area contributed by atoms with E-state index < -0.39 is 5.92 Å². The van der Waals surface area contributed by atoms with E-state index in [0.717, 1.165) is 18.4 Å².